The van der Waals surface area contributed by atoms with Crippen LogP contribution in [0.25, 0.3) is 21.5 Å². The van der Waals surface area contributed by atoms with E-state index < -0.39 is 39.8 Å². The minimum absolute atomic E-state index is 0.0446. The number of fused-ring (bicyclic) bond motifs is 2. The normalized spacial score (nSPS) is 18.1. The molecule has 6 rings (SSSR count). The Bertz CT molecular complexity index is 2040. The number of benzene rings is 5. The number of nitrogens with one attached hydrogen (secondary N) is 1. The van der Waals surface area contributed by atoms with Crippen LogP contribution in [0.2, 0.25) is 0 Å². The number of non-ortho nitro benzene ring substituents is 1. The van der Waals surface area contributed by atoms with Crippen molar-refractivity contribution in [2.45, 2.75) is 38.5 Å². The molecule has 0 bridgehead atoms. The van der Waals surface area contributed by atoms with Crippen LogP contribution >= 0.6 is 0 Å². The van der Waals surface area contributed by atoms with Crippen molar-refractivity contribution in [2.24, 2.45) is 5.41 Å². The average Bonchev–Trinajstić information content (AvgIpc) is 3.40. The molecule has 5 aromatic carbocycles. The van der Waals surface area contributed by atoms with Crippen molar-refractivity contribution in [1.29, 1.82) is 0 Å². The highest BCUT2D eigenvalue weighted by molar-refractivity contribution is 6.12. The molecule has 1 aliphatic rings. The SMILES string of the molecule is C=C1C(C(=O)OCC)(C(=O)OCC)NC(c2ccc([N+](=O)[O-])cc2)C1(Cc1ccccc1)C(=O)OCc1c2ccccc2cc2ccccc12. The molecule has 0 aromatic heterocycles. The van der Waals surface area contributed by atoms with Gasteiger partial charge in [-0.3, -0.25) is 20.2 Å². The number of hydrogen-bond acceptors (Lipinski definition) is 9. The summed E-state index contributed by atoms with van der Waals surface area (Å²) in [5.41, 5.74) is -2.54. The molecule has 5 aromatic rings. The summed E-state index contributed by atoms with van der Waals surface area (Å²) in [5, 5.41) is 18.4. The van der Waals surface area contributed by atoms with Gasteiger partial charge in [-0.05, 0) is 64.6 Å². The lowest BCUT2D eigenvalue weighted by Gasteiger charge is -2.35. The Morgan fingerprint density at radius 1 is 0.760 bits per heavy atom. The van der Waals surface area contributed by atoms with Crippen LogP contribution in [0.5, 0.6) is 0 Å². The molecule has 10 nitrogen and oxygen atoms in total. The van der Waals surface area contributed by atoms with Crippen molar-refractivity contribution in [1.82, 2.24) is 5.32 Å². The van der Waals surface area contributed by atoms with E-state index in [1.165, 1.54) is 24.3 Å². The van der Waals surface area contributed by atoms with E-state index in [1.54, 1.807) is 13.8 Å². The Labute approximate surface area is 288 Å². The molecule has 1 N–H and O–H groups in total. The maximum atomic E-state index is 15.1. The van der Waals surface area contributed by atoms with E-state index in [1.807, 2.05) is 78.9 Å². The van der Waals surface area contributed by atoms with Crippen LogP contribution in [0.3, 0.4) is 0 Å². The third-order valence-corrected chi connectivity index (χ3v) is 9.37. The van der Waals surface area contributed by atoms with Gasteiger partial charge < -0.3 is 14.2 Å². The van der Waals surface area contributed by atoms with Crippen molar-refractivity contribution in [3.05, 3.63) is 148 Å². The molecule has 0 aliphatic carbocycles. The zero-order valence-corrected chi connectivity index (χ0v) is 27.7. The van der Waals surface area contributed by atoms with Gasteiger partial charge in [0.2, 0.25) is 5.54 Å². The van der Waals surface area contributed by atoms with Gasteiger partial charge in [0.05, 0.1) is 24.2 Å². The van der Waals surface area contributed by atoms with Gasteiger partial charge in [-0.2, -0.15) is 0 Å². The van der Waals surface area contributed by atoms with Crippen molar-refractivity contribution < 1.29 is 33.5 Å². The molecule has 2 atom stereocenters. The lowest BCUT2D eigenvalue weighted by Crippen LogP contribution is -2.57. The highest BCUT2D eigenvalue weighted by Crippen LogP contribution is 2.55. The molecule has 0 saturated carbocycles. The first-order valence-electron chi connectivity index (χ1n) is 16.3. The van der Waals surface area contributed by atoms with Crippen molar-refractivity contribution in [3.8, 4) is 0 Å². The second kappa shape index (κ2) is 13.9. The Hall–Kier alpha value is -5.87. The van der Waals surface area contributed by atoms with Crippen LogP contribution in [-0.4, -0.2) is 41.6 Å². The largest absolute Gasteiger partial charge is 0.464 e. The summed E-state index contributed by atoms with van der Waals surface area (Å²) in [6.07, 6.45) is -0.0446. The molecule has 0 spiro atoms. The Balaban J connectivity index is 1.55. The fourth-order valence-corrected chi connectivity index (χ4v) is 6.99. The summed E-state index contributed by atoms with van der Waals surface area (Å²) in [5.74, 6) is -2.73. The molecule has 0 amide bonds. The fraction of sp³-hybridized carbons (Fsp3) is 0.225. The van der Waals surface area contributed by atoms with Crippen molar-refractivity contribution in [3.63, 3.8) is 0 Å². The predicted octanol–water partition coefficient (Wildman–Crippen LogP) is 6.94. The van der Waals surface area contributed by atoms with E-state index in [-0.39, 0.29) is 37.5 Å². The number of hydrogen-bond donors (Lipinski definition) is 1. The van der Waals surface area contributed by atoms with E-state index in [4.69, 9.17) is 14.2 Å². The zero-order valence-electron chi connectivity index (χ0n) is 27.7. The molecule has 1 heterocycles. The highest BCUT2D eigenvalue weighted by atomic mass is 16.6. The van der Waals surface area contributed by atoms with E-state index in [2.05, 4.69) is 18.0 Å². The Morgan fingerprint density at radius 3 is 1.84 bits per heavy atom. The summed E-state index contributed by atoms with van der Waals surface area (Å²) in [6, 6.07) is 31.2. The van der Waals surface area contributed by atoms with E-state index in [0.29, 0.717) is 11.1 Å². The van der Waals surface area contributed by atoms with E-state index >= 15 is 4.79 Å². The van der Waals surface area contributed by atoms with Crippen LogP contribution in [-0.2, 0) is 41.6 Å². The van der Waals surface area contributed by atoms with Crippen LogP contribution in [0.15, 0.2) is 121 Å². The monoisotopic (exact) mass is 672 g/mol. The predicted molar refractivity (Wildman–Crippen MR) is 188 cm³/mol. The van der Waals surface area contributed by atoms with Crippen molar-refractivity contribution >= 4 is 45.1 Å². The Morgan fingerprint density at radius 2 is 1.30 bits per heavy atom. The standard InChI is InChI=1S/C40H36N2O8/c1-4-48-37(44)40(38(45)49-5-2)26(3)39(24-27-13-7-6-8-14-27,35(41-40)28-19-21-31(22-20-28)42(46)47)36(43)50-25-34-32-17-11-9-15-29(32)23-30-16-10-12-18-33(30)34/h6-23,35,41H,3-5,24-25H2,1-2H3. The highest BCUT2D eigenvalue weighted by Gasteiger charge is 2.70. The van der Waals surface area contributed by atoms with Crippen molar-refractivity contribution in [2.75, 3.05) is 13.2 Å². The molecule has 1 saturated heterocycles. The fourth-order valence-electron chi connectivity index (χ4n) is 6.99. The summed E-state index contributed by atoms with van der Waals surface area (Å²) >= 11 is 0. The van der Waals surface area contributed by atoms with Crippen LogP contribution in [0.4, 0.5) is 5.69 Å². The van der Waals surface area contributed by atoms with Gasteiger partial charge in [0, 0.05) is 17.7 Å². The van der Waals surface area contributed by atoms with E-state index in [0.717, 1.165) is 27.1 Å². The smallest absolute Gasteiger partial charge is 0.342 e. The van der Waals surface area contributed by atoms with Gasteiger partial charge in [0.25, 0.3) is 5.69 Å². The molecular weight excluding hydrogens is 636 g/mol. The summed E-state index contributed by atoms with van der Waals surface area (Å²) in [6.45, 7) is 7.22. The number of esters is 3. The number of ether oxygens (including phenoxy) is 3. The Kier molecular flexibility index (Phi) is 9.48. The maximum Gasteiger partial charge on any atom is 0.342 e. The minimum Gasteiger partial charge on any atom is -0.464 e. The molecule has 1 aliphatic heterocycles. The number of carbonyl (C=O) groups is 3. The molecule has 2 unspecified atom stereocenters. The van der Waals surface area contributed by atoms with Gasteiger partial charge in [-0.1, -0.05) is 97.6 Å². The molecule has 1 fully saturated rings. The number of nitro groups is 1. The van der Waals surface area contributed by atoms with Gasteiger partial charge in [-0.15, -0.1) is 0 Å². The molecule has 50 heavy (non-hydrogen) atoms. The third kappa shape index (κ3) is 5.77. The van der Waals surface area contributed by atoms with Crippen LogP contribution < -0.4 is 5.32 Å². The van der Waals surface area contributed by atoms with Gasteiger partial charge in [0.15, 0.2) is 0 Å². The maximum absolute atomic E-state index is 15.1. The summed E-state index contributed by atoms with van der Waals surface area (Å²) < 4.78 is 17.2. The average molecular weight is 673 g/mol. The minimum atomic E-state index is -2.31. The van der Waals surface area contributed by atoms with Crippen LogP contribution in [0.1, 0.15) is 36.6 Å². The van der Waals surface area contributed by atoms with Gasteiger partial charge in [0.1, 0.15) is 12.0 Å². The van der Waals surface area contributed by atoms with Crippen LogP contribution in [0, 0.1) is 15.5 Å². The van der Waals surface area contributed by atoms with Gasteiger partial charge in [-0.25, -0.2) is 9.59 Å². The second-order valence-corrected chi connectivity index (χ2v) is 12.1. The topological polar surface area (TPSA) is 134 Å². The third-order valence-electron chi connectivity index (χ3n) is 9.37. The molecule has 254 valence electrons. The quantitative estimate of drug-likeness (QED) is 0.0301. The van der Waals surface area contributed by atoms with Gasteiger partial charge >= 0.3 is 17.9 Å². The zero-order chi connectivity index (χ0) is 35.5. The number of nitrogens with zero attached hydrogens (tertiary/aromatic N) is 1. The first-order chi connectivity index (χ1) is 24.2. The lowest BCUT2D eigenvalue weighted by atomic mass is 9.67. The molecular formula is C40H36N2O8. The number of rotatable bonds is 11. The number of carbonyl (C=O) groups excluding carboxylic acids is 3. The number of nitro benzene ring substituents is 1. The molecule has 0 radical (unpaired) electrons. The summed E-state index contributed by atoms with van der Waals surface area (Å²) in [7, 11) is 0. The second-order valence-electron chi connectivity index (χ2n) is 12.1. The lowest BCUT2D eigenvalue weighted by molar-refractivity contribution is -0.384. The summed E-state index contributed by atoms with van der Waals surface area (Å²) in [4.78, 5) is 54.1. The first kappa shape index (κ1) is 34.0. The molecule has 10 heteroatoms. The first-order valence-corrected chi connectivity index (χ1v) is 16.3. The van der Waals surface area contributed by atoms with E-state index in [9.17, 15) is 19.7 Å².